The van der Waals surface area contributed by atoms with Crippen molar-refractivity contribution >= 4 is 17.4 Å². The van der Waals surface area contributed by atoms with E-state index < -0.39 is 17.6 Å². The van der Waals surface area contributed by atoms with Crippen LogP contribution in [0, 0.1) is 11.7 Å². The van der Waals surface area contributed by atoms with Crippen molar-refractivity contribution in [2.45, 2.75) is 45.7 Å². The number of hydrogen-bond acceptors (Lipinski definition) is 2. The summed E-state index contributed by atoms with van der Waals surface area (Å²) in [4.78, 5) is 6.71. The van der Waals surface area contributed by atoms with Gasteiger partial charge in [-0.3, -0.25) is 0 Å². The van der Waals surface area contributed by atoms with Gasteiger partial charge in [0.05, 0.1) is 10.6 Å². The number of alkyl halides is 3. The lowest BCUT2D eigenvalue weighted by atomic mass is 10.0. The summed E-state index contributed by atoms with van der Waals surface area (Å²) in [6, 6.07) is 6.65. The highest BCUT2D eigenvalue weighted by Crippen LogP contribution is 2.32. The Kier molecular flexibility index (Phi) is 8.10. The molecule has 0 saturated carbocycles. The van der Waals surface area contributed by atoms with Crippen LogP contribution in [-0.4, -0.2) is 18.1 Å². The number of pyridine rings is 1. The normalized spacial score (nSPS) is 16.7. The Balaban J connectivity index is 0.000000203. The SMILES string of the molecule is CCCC1CCN(c2ccc(Cl)cn2)C1.CCc1ccc(F)cc1C(F)(F)F. The van der Waals surface area contributed by atoms with Gasteiger partial charge in [0.2, 0.25) is 0 Å². The molecule has 2 nitrogen and oxygen atoms in total. The molecular formula is C21H25ClF4N2. The molecule has 1 aliphatic heterocycles. The smallest absolute Gasteiger partial charge is 0.356 e. The molecule has 1 saturated heterocycles. The highest BCUT2D eigenvalue weighted by Gasteiger charge is 2.33. The Labute approximate surface area is 168 Å². The zero-order valence-corrected chi connectivity index (χ0v) is 16.8. The Bertz CT molecular complexity index is 747. The van der Waals surface area contributed by atoms with Crippen molar-refractivity contribution < 1.29 is 17.6 Å². The molecule has 0 N–H and O–H groups in total. The van der Waals surface area contributed by atoms with Gasteiger partial charge in [0.1, 0.15) is 11.6 Å². The van der Waals surface area contributed by atoms with E-state index in [4.69, 9.17) is 11.6 Å². The van der Waals surface area contributed by atoms with E-state index in [1.807, 2.05) is 12.1 Å². The van der Waals surface area contributed by atoms with Gasteiger partial charge >= 0.3 is 6.18 Å². The molecule has 0 spiro atoms. The molecule has 2 heterocycles. The lowest BCUT2D eigenvalue weighted by molar-refractivity contribution is -0.138. The first-order valence-electron chi connectivity index (χ1n) is 9.46. The molecule has 1 unspecified atom stereocenters. The fourth-order valence-corrected chi connectivity index (χ4v) is 3.47. The molecule has 1 aromatic carbocycles. The summed E-state index contributed by atoms with van der Waals surface area (Å²) in [5, 5.41) is 0.711. The third-order valence-corrected chi connectivity index (χ3v) is 5.00. The number of halogens is 5. The maximum absolute atomic E-state index is 12.5. The van der Waals surface area contributed by atoms with Crippen LogP contribution in [-0.2, 0) is 12.6 Å². The molecule has 1 aromatic heterocycles. The second-order valence-corrected chi connectivity index (χ2v) is 7.31. The molecule has 2 aromatic rings. The molecule has 0 radical (unpaired) electrons. The van der Waals surface area contributed by atoms with Crippen molar-refractivity contribution in [1.82, 2.24) is 4.98 Å². The highest BCUT2D eigenvalue weighted by molar-refractivity contribution is 6.30. The largest absolute Gasteiger partial charge is 0.416 e. The van der Waals surface area contributed by atoms with Gasteiger partial charge in [0, 0.05) is 19.3 Å². The topological polar surface area (TPSA) is 16.1 Å². The van der Waals surface area contributed by atoms with Crippen LogP contribution < -0.4 is 4.90 Å². The van der Waals surface area contributed by atoms with Crippen LogP contribution in [0.25, 0.3) is 0 Å². The van der Waals surface area contributed by atoms with Gasteiger partial charge in [-0.25, -0.2) is 9.37 Å². The van der Waals surface area contributed by atoms with E-state index in [1.54, 1.807) is 13.1 Å². The average molecular weight is 417 g/mol. The second kappa shape index (κ2) is 10.1. The number of benzene rings is 1. The van der Waals surface area contributed by atoms with E-state index >= 15 is 0 Å². The monoisotopic (exact) mass is 416 g/mol. The first-order chi connectivity index (χ1) is 13.2. The van der Waals surface area contributed by atoms with E-state index in [1.165, 1.54) is 19.3 Å². The molecular weight excluding hydrogens is 392 g/mol. The van der Waals surface area contributed by atoms with Gasteiger partial charge in [-0.1, -0.05) is 37.9 Å². The van der Waals surface area contributed by atoms with E-state index in [0.717, 1.165) is 37.0 Å². The standard InChI is InChI=1S/C12H17ClN2.C9H8F4/c1-2-3-10-6-7-15(9-10)12-5-4-11(13)8-14-12;1-2-6-3-4-7(10)5-8(6)9(11,12)13/h4-5,8,10H,2-3,6-7,9H2,1H3;3-5H,2H2,1H3. The third-order valence-electron chi connectivity index (χ3n) is 4.78. The van der Waals surface area contributed by atoms with Crippen molar-refractivity contribution in [3.05, 3.63) is 58.5 Å². The Morgan fingerprint density at radius 3 is 2.50 bits per heavy atom. The number of aromatic nitrogens is 1. The van der Waals surface area contributed by atoms with E-state index in [9.17, 15) is 17.6 Å². The molecule has 0 amide bonds. The minimum absolute atomic E-state index is 0.119. The Morgan fingerprint density at radius 1 is 1.18 bits per heavy atom. The lowest BCUT2D eigenvalue weighted by Crippen LogP contribution is -2.20. The quantitative estimate of drug-likeness (QED) is 0.511. The second-order valence-electron chi connectivity index (χ2n) is 6.88. The summed E-state index contributed by atoms with van der Waals surface area (Å²) in [5.41, 5.74) is -0.760. The maximum atomic E-state index is 12.5. The van der Waals surface area contributed by atoms with Crippen molar-refractivity contribution in [3.8, 4) is 0 Å². The fourth-order valence-electron chi connectivity index (χ4n) is 3.36. The van der Waals surface area contributed by atoms with Crippen molar-refractivity contribution in [2.75, 3.05) is 18.0 Å². The van der Waals surface area contributed by atoms with Crippen LogP contribution in [0.1, 0.15) is 44.2 Å². The third kappa shape index (κ3) is 6.36. The predicted octanol–water partition coefficient (Wildman–Crippen LogP) is 6.77. The zero-order chi connectivity index (χ0) is 20.7. The highest BCUT2D eigenvalue weighted by atomic mass is 35.5. The number of anilines is 1. The first-order valence-corrected chi connectivity index (χ1v) is 9.84. The molecule has 1 atom stereocenters. The molecule has 28 heavy (non-hydrogen) atoms. The summed E-state index contributed by atoms with van der Waals surface area (Å²) in [6.45, 7) is 6.15. The van der Waals surface area contributed by atoms with Crippen LogP contribution in [0.15, 0.2) is 36.5 Å². The lowest BCUT2D eigenvalue weighted by Gasteiger charge is -2.17. The Hall–Kier alpha value is -1.82. The average Bonchev–Trinajstić information content (AvgIpc) is 3.11. The van der Waals surface area contributed by atoms with Crippen LogP contribution >= 0.6 is 11.6 Å². The summed E-state index contributed by atoms with van der Waals surface area (Å²) in [6.07, 6.45) is 1.43. The first kappa shape index (κ1) is 22.5. The summed E-state index contributed by atoms with van der Waals surface area (Å²) in [7, 11) is 0. The molecule has 3 rings (SSSR count). The Morgan fingerprint density at radius 2 is 1.93 bits per heavy atom. The number of aryl methyl sites for hydroxylation is 1. The van der Waals surface area contributed by atoms with Crippen LogP contribution in [0.5, 0.6) is 0 Å². The van der Waals surface area contributed by atoms with Crippen molar-refractivity contribution in [2.24, 2.45) is 5.92 Å². The van der Waals surface area contributed by atoms with E-state index in [2.05, 4.69) is 16.8 Å². The van der Waals surface area contributed by atoms with Gasteiger partial charge in [0.25, 0.3) is 0 Å². The molecule has 0 aliphatic carbocycles. The molecule has 1 aliphatic rings. The van der Waals surface area contributed by atoms with Crippen molar-refractivity contribution in [3.63, 3.8) is 0 Å². The van der Waals surface area contributed by atoms with Gasteiger partial charge in [-0.15, -0.1) is 0 Å². The fraction of sp³-hybridized carbons (Fsp3) is 0.476. The molecule has 154 valence electrons. The van der Waals surface area contributed by atoms with Gasteiger partial charge in [-0.2, -0.15) is 13.2 Å². The number of hydrogen-bond donors (Lipinski definition) is 0. The van der Waals surface area contributed by atoms with Gasteiger partial charge in [0.15, 0.2) is 0 Å². The van der Waals surface area contributed by atoms with Crippen molar-refractivity contribution in [1.29, 1.82) is 0 Å². The van der Waals surface area contributed by atoms with E-state index in [0.29, 0.717) is 11.1 Å². The molecule has 7 heteroatoms. The van der Waals surface area contributed by atoms with E-state index in [-0.39, 0.29) is 12.0 Å². The molecule has 0 bridgehead atoms. The van der Waals surface area contributed by atoms with Gasteiger partial charge in [-0.05, 0) is 55.0 Å². The van der Waals surface area contributed by atoms with Crippen LogP contribution in [0.4, 0.5) is 23.4 Å². The predicted molar refractivity (Wildman–Crippen MR) is 105 cm³/mol. The minimum atomic E-state index is -4.46. The van der Waals surface area contributed by atoms with Crippen LogP contribution in [0.3, 0.4) is 0 Å². The number of rotatable bonds is 4. The van der Waals surface area contributed by atoms with Gasteiger partial charge < -0.3 is 4.90 Å². The number of nitrogens with zero attached hydrogens (tertiary/aromatic N) is 2. The summed E-state index contributed by atoms with van der Waals surface area (Å²) >= 11 is 5.82. The zero-order valence-electron chi connectivity index (χ0n) is 16.1. The summed E-state index contributed by atoms with van der Waals surface area (Å²) in [5.74, 6) is 1.06. The minimum Gasteiger partial charge on any atom is -0.356 e. The maximum Gasteiger partial charge on any atom is 0.416 e. The van der Waals surface area contributed by atoms with Crippen LogP contribution in [0.2, 0.25) is 5.02 Å². The molecule has 1 fully saturated rings. The summed E-state index contributed by atoms with van der Waals surface area (Å²) < 4.78 is 49.3.